The summed E-state index contributed by atoms with van der Waals surface area (Å²) >= 11 is 0. The summed E-state index contributed by atoms with van der Waals surface area (Å²) in [5, 5.41) is 5.55. The molecule has 1 saturated heterocycles. The number of nitrogens with one attached hydrogen (secondary N) is 2. The van der Waals surface area contributed by atoms with E-state index < -0.39 is 0 Å². The molecule has 0 spiro atoms. The van der Waals surface area contributed by atoms with E-state index in [4.69, 9.17) is 4.74 Å². The Kier molecular flexibility index (Phi) is 6.58. The van der Waals surface area contributed by atoms with Crippen LogP contribution in [-0.4, -0.2) is 43.6 Å². The van der Waals surface area contributed by atoms with Gasteiger partial charge < -0.3 is 20.3 Å². The Morgan fingerprint density at radius 1 is 1.19 bits per heavy atom. The largest absolute Gasteiger partial charge is 0.496 e. The van der Waals surface area contributed by atoms with Crippen molar-refractivity contribution >= 4 is 17.6 Å². The van der Waals surface area contributed by atoms with Gasteiger partial charge in [-0.2, -0.15) is 0 Å². The van der Waals surface area contributed by atoms with E-state index in [-0.39, 0.29) is 11.9 Å². The molecule has 148 valence electrons. The summed E-state index contributed by atoms with van der Waals surface area (Å²) in [5.74, 6) is 1.96. The number of carbonyl (C=O) groups excluding carboxylic acids is 2. The highest BCUT2D eigenvalue weighted by molar-refractivity contribution is 5.98. The average molecular weight is 373 g/mol. The van der Waals surface area contributed by atoms with Crippen LogP contribution in [0.25, 0.3) is 0 Å². The lowest BCUT2D eigenvalue weighted by Gasteiger charge is -2.41. The van der Waals surface area contributed by atoms with Crippen molar-refractivity contribution in [3.63, 3.8) is 0 Å². The second-order valence-corrected chi connectivity index (χ2v) is 7.64. The second kappa shape index (κ2) is 9.11. The van der Waals surface area contributed by atoms with Crippen molar-refractivity contribution < 1.29 is 14.3 Å². The number of hydrogen-bond donors (Lipinski definition) is 2. The number of piperidine rings is 1. The third-order valence-electron chi connectivity index (χ3n) is 5.80. The Balaban J connectivity index is 1.68. The minimum atomic E-state index is -0.252. The zero-order chi connectivity index (χ0) is 19.2. The maximum atomic E-state index is 13.1. The predicted molar refractivity (Wildman–Crippen MR) is 106 cm³/mol. The topological polar surface area (TPSA) is 70.7 Å². The number of amides is 3. The Hall–Kier alpha value is -2.24. The summed E-state index contributed by atoms with van der Waals surface area (Å²) in [4.78, 5) is 26.9. The van der Waals surface area contributed by atoms with Gasteiger partial charge in [-0.1, -0.05) is 26.2 Å². The van der Waals surface area contributed by atoms with Crippen molar-refractivity contribution in [3.05, 3.63) is 23.8 Å². The number of fused-ring (bicyclic) bond motifs is 1. The molecule has 1 aliphatic heterocycles. The molecule has 3 amide bonds. The molecule has 1 aromatic rings. The normalized spacial score (nSPS) is 21.9. The third-order valence-corrected chi connectivity index (χ3v) is 5.80. The van der Waals surface area contributed by atoms with E-state index >= 15 is 0 Å². The number of rotatable bonds is 5. The average Bonchev–Trinajstić information content (AvgIpc) is 2.71. The van der Waals surface area contributed by atoms with Crippen molar-refractivity contribution in [1.29, 1.82) is 0 Å². The molecule has 27 heavy (non-hydrogen) atoms. The van der Waals surface area contributed by atoms with Gasteiger partial charge in [-0.05, 0) is 43.2 Å². The molecule has 6 nitrogen and oxygen atoms in total. The maximum Gasteiger partial charge on any atom is 0.319 e. The number of carbonyl (C=O) groups is 2. The molecule has 3 rings (SSSR count). The number of hydrogen-bond acceptors (Lipinski definition) is 3. The molecule has 6 heteroatoms. The van der Waals surface area contributed by atoms with Crippen LogP contribution < -0.4 is 15.4 Å². The zero-order valence-electron chi connectivity index (χ0n) is 16.4. The summed E-state index contributed by atoms with van der Waals surface area (Å²) in [6.07, 6.45) is 7.16. The number of methoxy groups -OCH3 is 1. The van der Waals surface area contributed by atoms with Gasteiger partial charge in [0.1, 0.15) is 5.75 Å². The molecule has 2 atom stereocenters. The fourth-order valence-electron chi connectivity index (χ4n) is 4.32. The highest BCUT2D eigenvalue weighted by Crippen LogP contribution is 2.37. The standard InChI is InChI=1S/C21H31N3O3/c1-3-11-22-21(26)23-17-8-9-18(19(13-17)27-2)20(25)24-12-10-15-6-4-5-7-16(15)14-24/h8-9,13,15-16H,3-7,10-12,14H2,1-2H3,(H2,22,23,26)/t15-,16+/m1/s1. The molecular weight excluding hydrogens is 342 g/mol. The van der Waals surface area contributed by atoms with Crippen LogP contribution in [0.3, 0.4) is 0 Å². The first kappa shape index (κ1) is 19.5. The number of ether oxygens (including phenoxy) is 1. The lowest BCUT2D eigenvalue weighted by atomic mass is 9.75. The lowest BCUT2D eigenvalue weighted by Crippen LogP contribution is -2.44. The molecule has 0 bridgehead atoms. The molecule has 2 aliphatic rings. The quantitative estimate of drug-likeness (QED) is 0.823. The summed E-state index contributed by atoms with van der Waals surface area (Å²) in [6, 6.07) is 4.97. The van der Waals surface area contributed by atoms with Crippen molar-refractivity contribution in [3.8, 4) is 5.75 Å². The number of nitrogens with zero attached hydrogens (tertiary/aromatic N) is 1. The van der Waals surface area contributed by atoms with Gasteiger partial charge in [0.25, 0.3) is 5.91 Å². The number of anilines is 1. The summed E-state index contributed by atoms with van der Waals surface area (Å²) < 4.78 is 5.45. The summed E-state index contributed by atoms with van der Waals surface area (Å²) in [5.41, 5.74) is 1.18. The van der Waals surface area contributed by atoms with Gasteiger partial charge in [0.05, 0.1) is 12.7 Å². The molecule has 2 fully saturated rings. The fourth-order valence-corrected chi connectivity index (χ4v) is 4.32. The summed E-state index contributed by atoms with van der Waals surface area (Å²) in [6.45, 7) is 4.30. The van der Waals surface area contributed by atoms with E-state index in [9.17, 15) is 9.59 Å². The minimum absolute atomic E-state index is 0.0258. The predicted octanol–water partition coefficient (Wildman–Crippen LogP) is 3.88. The van der Waals surface area contributed by atoms with Gasteiger partial charge in [-0.3, -0.25) is 4.79 Å². The second-order valence-electron chi connectivity index (χ2n) is 7.64. The van der Waals surface area contributed by atoms with Crippen molar-refractivity contribution in [2.75, 3.05) is 32.1 Å². The van der Waals surface area contributed by atoms with Crippen LogP contribution in [0, 0.1) is 11.8 Å². The fraction of sp³-hybridized carbons (Fsp3) is 0.619. The highest BCUT2D eigenvalue weighted by atomic mass is 16.5. The number of likely N-dealkylation sites (tertiary alicyclic amines) is 1. The number of urea groups is 1. The molecule has 0 aromatic heterocycles. The first-order valence-electron chi connectivity index (χ1n) is 10.1. The monoisotopic (exact) mass is 373 g/mol. The van der Waals surface area contributed by atoms with E-state index in [2.05, 4.69) is 10.6 Å². The Morgan fingerprint density at radius 2 is 1.96 bits per heavy atom. The first-order chi connectivity index (χ1) is 13.1. The summed E-state index contributed by atoms with van der Waals surface area (Å²) in [7, 11) is 1.56. The van der Waals surface area contributed by atoms with Crippen LogP contribution in [0.5, 0.6) is 5.75 Å². The SMILES string of the molecule is CCCNC(=O)Nc1ccc(C(=O)N2CC[C@H]3CCCC[C@H]3C2)c(OC)c1. The van der Waals surface area contributed by atoms with Crippen LogP contribution in [0.15, 0.2) is 18.2 Å². The van der Waals surface area contributed by atoms with Gasteiger partial charge in [-0.15, -0.1) is 0 Å². The van der Waals surface area contributed by atoms with E-state index in [0.29, 0.717) is 29.5 Å². The van der Waals surface area contributed by atoms with Gasteiger partial charge in [-0.25, -0.2) is 4.79 Å². The minimum Gasteiger partial charge on any atom is -0.496 e. The molecule has 1 saturated carbocycles. The van der Waals surface area contributed by atoms with Crippen LogP contribution in [0.1, 0.15) is 55.8 Å². The highest BCUT2D eigenvalue weighted by Gasteiger charge is 2.33. The van der Waals surface area contributed by atoms with Crippen LogP contribution in [0.2, 0.25) is 0 Å². The molecule has 2 N–H and O–H groups in total. The smallest absolute Gasteiger partial charge is 0.319 e. The maximum absolute atomic E-state index is 13.1. The van der Waals surface area contributed by atoms with Crippen molar-refractivity contribution in [1.82, 2.24) is 10.2 Å². The van der Waals surface area contributed by atoms with Gasteiger partial charge in [0, 0.05) is 31.4 Å². The molecule has 1 aromatic carbocycles. The molecule has 1 heterocycles. The Bertz CT molecular complexity index is 677. The zero-order valence-corrected chi connectivity index (χ0v) is 16.4. The van der Waals surface area contributed by atoms with Crippen LogP contribution >= 0.6 is 0 Å². The van der Waals surface area contributed by atoms with Gasteiger partial charge in [0.15, 0.2) is 0 Å². The van der Waals surface area contributed by atoms with Gasteiger partial charge >= 0.3 is 6.03 Å². The van der Waals surface area contributed by atoms with Crippen LogP contribution in [0.4, 0.5) is 10.5 Å². The first-order valence-corrected chi connectivity index (χ1v) is 10.1. The lowest BCUT2D eigenvalue weighted by molar-refractivity contribution is 0.0518. The van der Waals surface area contributed by atoms with Crippen molar-refractivity contribution in [2.24, 2.45) is 11.8 Å². The van der Waals surface area contributed by atoms with E-state index in [1.54, 1.807) is 25.3 Å². The molecule has 0 radical (unpaired) electrons. The molecule has 0 unspecified atom stereocenters. The van der Waals surface area contributed by atoms with E-state index in [1.165, 1.54) is 25.7 Å². The Morgan fingerprint density at radius 3 is 2.70 bits per heavy atom. The van der Waals surface area contributed by atoms with E-state index in [0.717, 1.165) is 31.8 Å². The third kappa shape index (κ3) is 4.73. The molecular formula is C21H31N3O3. The van der Waals surface area contributed by atoms with Gasteiger partial charge in [0.2, 0.25) is 0 Å². The van der Waals surface area contributed by atoms with Crippen LogP contribution in [-0.2, 0) is 0 Å². The molecule has 1 aliphatic carbocycles. The number of benzene rings is 1. The van der Waals surface area contributed by atoms with Crippen molar-refractivity contribution in [2.45, 2.75) is 45.4 Å². The van der Waals surface area contributed by atoms with E-state index in [1.807, 2.05) is 11.8 Å². The Labute approximate surface area is 161 Å².